The highest BCUT2D eigenvalue weighted by Gasteiger charge is 2.47. The molecule has 220 valence electrons. The summed E-state index contributed by atoms with van der Waals surface area (Å²) in [5.74, 6) is 7.25. The van der Waals surface area contributed by atoms with E-state index < -0.39 is 5.60 Å². The molecular weight excluding hydrogens is 599 g/mol. The van der Waals surface area contributed by atoms with Gasteiger partial charge in [0.1, 0.15) is 29.5 Å². The predicted octanol–water partition coefficient (Wildman–Crippen LogP) is 6.88. The summed E-state index contributed by atoms with van der Waals surface area (Å²) >= 11 is 19.7. The highest BCUT2D eigenvalue weighted by atomic mass is 35.5. The fourth-order valence-corrected chi connectivity index (χ4v) is 6.59. The van der Waals surface area contributed by atoms with Crippen molar-refractivity contribution in [3.63, 3.8) is 0 Å². The molecule has 5 N–H and O–H groups in total. The van der Waals surface area contributed by atoms with Crippen LogP contribution in [0.2, 0.25) is 15.1 Å². The number of benzene rings is 2. The lowest BCUT2D eigenvalue weighted by atomic mass is 9.66. The van der Waals surface area contributed by atoms with E-state index in [1.54, 1.807) is 24.3 Å². The summed E-state index contributed by atoms with van der Waals surface area (Å²) in [5, 5.41) is 25.4. The fourth-order valence-electron chi connectivity index (χ4n) is 5.67. The Balaban J connectivity index is 1.20. The van der Waals surface area contributed by atoms with Crippen molar-refractivity contribution in [1.82, 2.24) is 14.9 Å². The van der Waals surface area contributed by atoms with E-state index >= 15 is 0 Å². The van der Waals surface area contributed by atoms with Crippen molar-refractivity contribution in [2.45, 2.75) is 69.6 Å². The Morgan fingerprint density at radius 3 is 2.45 bits per heavy atom. The molecule has 6 rings (SSSR count). The largest absolute Gasteiger partial charge is 0.489 e. The molecule has 4 aromatic rings. The molecule has 42 heavy (non-hydrogen) atoms. The number of halogens is 3. The van der Waals surface area contributed by atoms with Crippen LogP contribution in [0.25, 0.3) is 11.3 Å². The van der Waals surface area contributed by atoms with Crippen LogP contribution in [-0.2, 0) is 12.2 Å². The van der Waals surface area contributed by atoms with Gasteiger partial charge in [0.05, 0.1) is 26.2 Å². The Kier molecular flexibility index (Phi) is 7.64. The van der Waals surface area contributed by atoms with Crippen molar-refractivity contribution in [1.29, 1.82) is 0 Å². The van der Waals surface area contributed by atoms with Crippen LogP contribution >= 0.6 is 34.8 Å². The van der Waals surface area contributed by atoms with Gasteiger partial charge in [-0.1, -0.05) is 52.1 Å². The second-order valence-electron chi connectivity index (χ2n) is 11.3. The Morgan fingerprint density at radius 1 is 1.12 bits per heavy atom. The number of nitrogens with two attached hydrogens (primary N) is 2. The molecule has 0 aliphatic heterocycles. The summed E-state index contributed by atoms with van der Waals surface area (Å²) in [6.07, 6.45) is 3.03. The summed E-state index contributed by atoms with van der Waals surface area (Å²) < 4.78 is 13.8. The summed E-state index contributed by atoms with van der Waals surface area (Å²) in [4.78, 5) is 0. The van der Waals surface area contributed by atoms with E-state index in [2.05, 4.69) is 15.4 Å². The van der Waals surface area contributed by atoms with E-state index in [0.717, 1.165) is 29.9 Å². The van der Waals surface area contributed by atoms with E-state index in [1.807, 2.05) is 36.7 Å². The first kappa shape index (κ1) is 28.9. The van der Waals surface area contributed by atoms with Crippen molar-refractivity contribution >= 4 is 40.6 Å². The summed E-state index contributed by atoms with van der Waals surface area (Å²) in [7, 11) is 0. The molecule has 0 amide bonds. The lowest BCUT2D eigenvalue weighted by Gasteiger charge is -2.44. The number of aromatic nitrogens is 3. The van der Waals surface area contributed by atoms with Gasteiger partial charge in [-0.15, -0.1) is 0 Å². The van der Waals surface area contributed by atoms with Crippen molar-refractivity contribution in [2.24, 2.45) is 16.7 Å². The van der Waals surface area contributed by atoms with Gasteiger partial charge in [0.2, 0.25) is 0 Å². The van der Waals surface area contributed by atoms with E-state index in [4.69, 9.17) is 55.6 Å². The maximum atomic E-state index is 11.5. The Morgan fingerprint density at radius 2 is 1.83 bits per heavy atom. The molecule has 2 aromatic heterocycles. The Hall–Kier alpha value is -3.24. The van der Waals surface area contributed by atoms with Crippen LogP contribution in [0.1, 0.15) is 85.7 Å². The summed E-state index contributed by atoms with van der Waals surface area (Å²) in [6.45, 7) is 4.27. The third kappa shape index (κ3) is 5.24. The minimum atomic E-state index is -1.08. The maximum absolute atomic E-state index is 11.5. The molecular formula is C30H31Cl3N6O3. The van der Waals surface area contributed by atoms with E-state index in [1.165, 1.54) is 0 Å². The van der Waals surface area contributed by atoms with Gasteiger partial charge >= 0.3 is 0 Å². The minimum absolute atomic E-state index is 0.0701. The topological polar surface area (TPSA) is 138 Å². The Bertz CT molecular complexity index is 1650. The molecule has 2 aliphatic carbocycles. The molecule has 2 aromatic carbocycles. The zero-order valence-electron chi connectivity index (χ0n) is 23.2. The number of nitrogens with zero attached hydrogens (tertiary/aromatic N) is 4. The maximum Gasteiger partial charge on any atom is 0.170 e. The smallest absolute Gasteiger partial charge is 0.170 e. The van der Waals surface area contributed by atoms with Gasteiger partial charge in [-0.05, 0) is 69.9 Å². The number of amidine groups is 1. The van der Waals surface area contributed by atoms with Crippen LogP contribution in [0.4, 0.5) is 0 Å². The van der Waals surface area contributed by atoms with E-state index in [9.17, 15) is 5.11 Å². The third-order valence-electron chi connectivity index (χ3n) is 8.03. The van der Waals surface area contributed by atoms with Crippen LogP contribution < -0.4 is 16.3 Å². The van der Waals surface area contributed by atoms with Gasteiger partial charge in [-0.25, -0.2) is 0 Å². The van der Waals surface area contributed by atoms with Crippen molar-refractivity contribution in [3.8, 4) is 17.0 Å². The molecule has 0 bridgehead atoms. The van der Waals surface area contributed by atoms with Crippen LogP contribution in [0.3, 0.4) is 0 Å². The van der Waals surface area contributed by atoms with Crippen LogP contribution in [0.15, 0.2) is 52.1 Å². The normalized spacial score (nSPS) is 20.6. The predicted molar refractivity (Wildman–Crippen MR) is 163 cm³/mol. The van der Waals surface area contributed by atoms with Crippen molar-refractivity contribution < 1.29 is 14.4 Å². The van der Waals surface area contributed by atoms with Crippen molar-refractivity contribution in [2.75, 3.05) is 0 Å². The molecule has 0 radical (unpaired) electrons. The van der Waals surface area contributed by atoms with E-state index in [0.29, 0.717) is 62.1 Å². The monoisotopic (exact) mass is 628 g/mol. The standard InChI is InChI=1S/C30H31Cl3N6O3/c1-15(2)39-25(11-24(37-39)29(34)36-35)17-12-30(40,13-17)20-9-8-18(10-23(20)33)41-14-19-27(38-42-28(19)16-6-7-16)26-21(31)4-3-5-22(26)32/h3-5,8-11,15-17,40H,6-7,12-14,35H2,1-2H3,(H2,34,36). The second kappa shape index (κ2) is 11.1. The molecule has 0 spiro atoms. The first-order valence-corrected chi connectivity index (χ1v) is 14.9. The zero-order valence-corrected chi connectivity index (χ0v) is 25.4. The lowest BCUT2D eigenvalue weighted by molar-refractivity contribution is -0.0569. The molecule has 0 atom stereocenters. The molecule has 2 saturated carbocycles. The fraction of sp³-hybridized carbons (Fsp3) is 0.367. The number of ether oxygens (including phenoxy) is 1. The van der Waals surface area contributed by atoms with Crippen LogP contribution in [-0.4, -0.2) is 25.9 Å². The van der Waals surface area contributed by atoms with Gasteiger partial charge in [0, 0.05) is 34.7 Å². The average Bonchev–Trinajstić information content (AvgIpc) is 3.54. The first-order chi connectivity index (χ1) is 20.1. The van der Waals surface area contributed by atoms with Crippen LogP contribution in [0.5, 0.6) is 5.75 Å². The second-order valence-corrected chi connectivity index (χ2v) is 12.5. The number of aliphatic hydroxyl groups is 1. The van der Waals surface area contributed by atoms with Crippen molar-refractivity contribution in [3.05, 3.63) is 85.8 Å². The van der Waals surface area contributed by atoms with Gasteiger partial charge in [0.25, 0.3) is 0 Å². The van der Waals surface area contributed by atoms with Gasteiger partial charge in [-0.3, -0.25) is 4.68 Å². The number of hydrogen-bond donors (Lipinski definition) is 3. The first-order valence-electron chi connectivity index (χ1n) is 13.8. The molecule has 12 heteroatoms. The van der Waals surface area contributed by atoms with Gasteiger partial charge < -0.3 is 25.9 Å². The van der Waals surface area contributed by atoms with Gasteiger partial charge in [0.15, 0.2) is 5.84 Å². The molecule has 2 aliphatic rings. The van der Waals surface area contributed by atoms with E-state index in [-0.39, 0.29) is 24.4 Å². The lowest BCUT2D eigenvalue weighted by Crippen LogP contribution is -2.41. The summed E-state index contributed by atoms with van der Waals surface area (Å²) in [5.41, 5.74) is 8.97. The van der Waals surface area contributed by atoms with Crippen LogP contribution in [0, 0.1) is 0 Å². The highest BCUT2D eigenvalue weighted by Crippen LogP contribution is 2.53. The number of hydrazone groups is 1. The molecule has 2 fully saturated rings. The Labute approximate surface area is 258 Å². The number of rotatable bonds is 9. The zero-order chi connectivity index (χ0) is 29.8. The quantitative estimate of drug-likeness (QED) is 0.0794. The van der Waals surface area contributed by atoms with Gasteiger partial charge in [-0.2, -0.15) is 10.2 Å². The third-order valence-corrected chi connectivity index (χ3v) is 8.98. The molecule has 0 unspecified atom stereocenters. The minimum Gasteiger partial charge on any atom is -0.489 e. The summed E-state index contributed by atoms with van der Waals surface area (Å²) in [6, 6.07) is 12.7. The molecule has 2 heterocycles. The molecule has 9 nitrogen and oxygen atoms in total. The highest BCUT2D eigenvalue weighted by molar-refractivity contribution is 6.39. The average molecular weight is 630 g/mol. The SMILES string of the molecule is CC(C)n1nc(/C(N)=N/N)cc1C1CC(O)(c2ccc(OCc3c(-c4c(Cl)cccc4Cl)noc3C3CC3)cc2Cl)C1. The number of hydrogen-bond acceptors (Lipinski definition) is 7. The molecule has 0 saturated heterocycles.